The monoisotopic (exact) mass is 420 g/mol. The molecule has 2 aliphatic rings. The minimum Gasteiger partial charge on any atom is -0.462 e. The van der Waals surface area contributed by atoms with Crippen LogP contribution in [-0.4, -0.2) is 78.0 Å². The fourth-order valence-corrected chi connectivity index (χ4v) is 5.05. The number of carbonyl (C=O) groups is 1. The molecule has 158 valence electrons. The molecular weight excluding hydrogens is 392 g/mol. The number of aliphatic hydroxyl groups excluding tert-OH is 1. The van der Waals surface area contributed by atoms with Crippen LogP contribution in [0.15, 0.2) is 0 Å². The minimum atomic E-state index is -0.361. The number of aromatic nitrogens is 2. The quantitative estimate of drug-likeness (QED) is 0.735. The lowest BCUT2D eigenvalue weighted by Gasteiger charge is -2.32. The zero-order chi connectivity index (χ0) is 20.4. The van der Waals surface area contributed by atoms with E-state index in [4.69, 9.17) is 19.4 Å². The highest BCUT2D eigenvalue weighted by molar-refractivity contribution is 7.20. The molecule has 2 aromatic rings. The van der Waals surface area contributed by atoms with Gasteiger partial charge in [-0.2, -0.15) is 0 Å². The molecule has 1 N–H and O–H groups in total. The number of aliphatic hydroxyl groups is 1. The third-order valence-corrected chi connectivity index (χ3v) is 6.61. The van der Waals surface area contributed by atoms with Gasteiger partial charge >= 0.3 is 5.97 Å². The number of ether oxygens (including phenoxy) is 2. The molecule has 2 aliphatic heterocycles. The van der Waals surface area contributed by atoms with Crippen LogP contribution in [0.5, 0.6) is 0 Å². The fourth-order valence-electron chi connectivity index (χ4n) is 3.96. The second-order valence-corrected chi connectivity index (χ2v) is 8.55. The lowest BCUT2D eigenvalue weighted by molar-refractivity contribution is 0.0331. The van der Waals surface area contributed by atoms with Gasteiger partial charge in [-0.05, 0) is 32.3 Å². The van der Waals surface area contributed by atoms with Crippen LogP contribution in [-0.2, 0) is 16.0 Å². The summed E-state index contributed by atoms with van der Waals surface area (Å²) >= 11 is 1.37. The van der Waals surface area contributed by atoms with Crippen molar-refractivity contribution in [2.45, 2.75) is 39.3 Å². The van der Waals surface area contributed by atoms with Crippen molar-refractivity contribution in [2.75, 3.05) is 50.9 Å². The predicted octanol–water partition coefficient (Wildman–Crippen LogP) is 1.97. The second kappa shape index (κ2) is 8.91. The molecule has 0 radical (unpaired) electrons. The van der Waals surface area contributed by atoms with Gasteiger partial charge in [-0.25, -0.2) is 14.8 Å². The Hall–Kier alpha value is -1.81. The summed E-state index contributed by atoms with van der Waals surface area (Å²) in [6, 6.07) is 0. The van der Waals surface area contributed by atoms with E-state index in [1.807, 2.05) is 6.92 Å². The number of hydrogen-bond acceptors (Lipinski definition) is 9. The van der Waals surface area contributed by atoms with E-state index in [1.54, 1.807) is 6.92 Å². The van der Waals surface area contributed by atoms with Gasteiger partial charge in [-0.15, -0.1) is 11.3 Å². The van der Waals surface area contributed by atoms with E-state index < -0.39 is 0 Å². The minimum absolute atomic E-state index is 0.313. The number of carbonyl (C=O) groups excluding carboxylic acids is 1. The van der Waals surface area contributed by atoms with E-state index >= 15 is 0 Å². The number of aryl methyl sites for hydroxylation is 1. The summed E-state index contributed by atoms with van der Waals surface area (Å²) in [7, 11) is 0. The van der Waals surface area contributed by atoms with Gasteiger partial charge in [-0.3, -0.25) is 4.90 Å². The average Bonchev–Trinajstić information content (AvgIpc) is 3.05. The number of esters is 1. The summed E-state index contributed by atoms with van der Waals surface area (Å²) in [5.74, 6) is 1.25. The standard InChI is InChI=1S/C20H28N4O4S/c1-3-28-20(26)17-13(2)16-18(24-6-4-5-14(25)11-24)21-15(22-19(16)29-17)12-23-7-9-27-10-8-23/h14,25H,3-12H2,1-2H3/t14-/m0/s1. The van der Waals surface area contributed by atoms with Gasteiger partial charge < -0.3 is 19.5 Å². The van der Waals surface area contributed by atoms with Crippen LogP contribution in [0.4, 0.5) is 5.82 Å². The van der Waals surface area contributed by atoms with Gasteiger partial charge in [0.15, 0.2) is 0 Å². The van der Waals surface area contributed by atoms with Gasteiger partial charge in [-0.1, -0.05) is 0 Å². The molecule has 0 aliphatic carbocycles. The molecule has 2 fully saturated rings. The molecule has 0 amide bonds. The molecule has 2 saturated heterocycles. The van der Waals surface area contributed by atoms with Gasteiger partial charge in [0.2, 0.25) is 0 Å². The Morgan fingerprint density at radius 2 is 2.10 bits per heavy atom. The van der Waals surface area contributed by atoms with Gasteiger partial charge in [0, 0.05) is 26.2 Å². The highest BCUT2D eigenvalue weighted by Crippen LogP contribution is 2.37. The average molecular weight is 421 g/mol. The maximum Gasteiger partial charge on any atom is 0.348 e. The van der Waals surface area contributed by atoms with E-state index in [1.165, 1.54) is 11.3 Å². The molecule has 0 spiro atoms. The SMILES string of the molecule is CCOC(=O)c1sc2nc(CN3CCOCC3)nc(N3CCC[C@H](O)C3)c2c1C. The van der Waals surface area contributed by atoms with Crippen molar-refractivity contribution < 1.29 is 19.4 Å². The van der Waals surface area contributed by atoms with Crippen molar-refractivity contribution in [1.82, 2.24) is 14.9 Å². The Morgan fingerprint density at radius 1 is 1.31 bits per heavy atom. The van der Waals surface area contributed by atoms with Crippen LogP contribution < -0.4 is 4.90 Å². The number of anilines is 1. The first-order valence-electron chi connectivity index (χ1n) is 10.3. The number of thiophene rings is 1. The van der Waals surface area contributed by atoms with Crippen molar-refractivity contribution in [3.8, 4) is 0 Å². The highest BCUT2D eigenvalue weighted by Gasteiger charge is 2.27. The first-order chi connectivity index (χ1) is 14.1. The lowest BCUT2D eigenvalue weighted by atomic mass is 10.1. The summed E-state index contributed by atoms with van der Waals surface area (Å²) in [6.07, 6.45) is 1.36. The molecule has 29 heavy (non-hydrogen) atoms. The number of hydrogen-bond donors (Lipinski definition) is 1. The molecular formula is C20H28N4O4S. The highest BCUT2D eigenvalue weighted by atomic mass is 32.1. The normalized spacial score (nSPS) is 20.9. The third-order valence-electron chi connectivity index (χ3n) is 5.44. The summed E-state index contributed by atoms with van der Waals surface area (Å²) in [5.41, 5.74) is 0.858. The first-order valence-corrected chi connectivity index (χ1v) is 11.1. The lowest BCUT2D eigenvalue weighted by Crippen LogP contribution is -2.39. The van der Waals surface area contributed by atoms with Crippen molar-refractivity contribution >= 4 is 33.3 Å². The van der Waals surface area contributed by atoms with E-state index in [9.17, 15) is 9.90 Å². The summed E-state index contributed by atoms with van der Waals surface area (Å²) in [4.78, 5) is 28.0. The second-order valence-electron chi connectivity index (χ2n) is 7.55. The molecule has 2 aromatic heterocycles. The maximum absolute atomic E-state index is 12.4. The Morgan fingerprint density at radius 3 is 2.83 bits per heavy atom. The van der Waals surface area contributed by atoms with Crippen molar-refractivity contribution in [1.29, 1.82) is 0 Å². The van der Waals surface area contributed by atoms with Gasteiger partial charge in [0.1, 0.15) is 21.3 Å². The summed E-state index contributed by atoms with van der Waals surface area (Å²) in [6.45, 7) is 9.27. The summed E-state index contributed by atoms with van der Waals surface area (Å²) < 4.78 is 10.7. The Balaban J connectivity index is 1.76. The largest absolute Gasteiger partial charge is 0.462 e. The fraction of sp³-hybridized carbons (Fsp3) is 0.650. The number of fused-ring (bicyclic) bond motifs is 1. The molecule has 0 saturated carbocycles. The molecule has 0 bridgehead atoms. The number of rotatable bonds is 5. The van der Waals surface area contributed by atoms with E-state index in [0.717, 1.165) is 73.1 Å². The number of nitrogens with zero attached hydrogens (tertiary/aromatic N) is 4. The Kier molecular flexibility index (Phi) is 6.29. The summed E-state index contributed by atoms with van der Waals surface area (Å²) in [5, 5.41) is 11.1. The first kappa shape index (κ1) is 20.5. The Labute approximate surface area is 174 Å². The number of β-amino-alcohol motifs (C(OH)–C–C–N with tert-alkyl or cyclic N) is 1. The zero-order valence-corrected chi connectivity index (χ0v) is 17.8. The van der Waals surface area contributed by atoms with Gasteiger partial charge in [0.25, 0.3) is 0 Å². The Bertz CT molecular complexity index is 881. The molecule has 9 heteroatoms. The van der Waals surface area contributed by atoms with E-state index in [2.05, 4.69) is 9.80 Å². The molecule has 4 rings (SSSR count). The van der Waals surface area contributed by atoms with Crippen molar-refractivity contribution in [2.24, 2.45) is 0 Å². The molecule has 8 nitrogen and oxygen atoms in total. The molecule has 0 aromatic carbocycles. The van der Waals surface area contributed by atoms with Crippen LogP contribution in [0, 0.1) is 6.92 Å². The van der Waals surface area contributed by atoms with Crippen LogP contribution in [0.3, 0.4) is 0 Å². The van der Waals surface area contributed by atoms with Crippen molar-refractivity contribution in [3.63, 3.8) is 0 Å². The van der Waals surface area contributed by atoms with Crippen LogP contribution in [0.25, 0.3) is 10.2 Å². The maximum atomic E-state index is 12.4. The van der Waals surface area contributed by atoms with Crippen LogP contribution in [0.2, 0.25) is 0 Å². The zero-order valence-electron chi connectivity index (χ0n) is 17.0. The third kappa shape index (κ3) is 4.37. The van der Waals surface area contributed by atoms with Crippen LogP contribution in [0.1, 0.15) is 40.8 Å². The molecule has 4 heterocycles. The number of morpholine rings is 1. The smallest absolute Gasteiger partial charge is 0.348 e. The predicted molar refractivity (Wildman–Crippen MR) is 112 cm³/mol. The van der Waals surface area contributed by atoms with E-state index in [0.29, 0.717) is 24.6 Å². The van der Waals surface area contributed by atoms with Gasteiger partial charge in [0.05, 0.1) is 37.9 Å². The van der Waals surface area contributed by atoms with Crippen LogP contribution >= 0.6 is 11.3 Å². The molecule has 1 atom stereocenters. The number of piperidine rings is 1. The van der Waals surface area contributed by atoms with E-state index in [-0.39, 0.29) is 12.1 Å². The molecule has 0 unspecified atom stereocenters. The topological polar surface area (TPSA) is 88.0 Å². The van der Waals surface area contributed by atoms with Crippen molar-refractivity contribution in [3.05, 3.63) is 16.3 Å².